The number of phenols is 4. The van der Waals surface area contributed by atoms with Crippen molar-refractivity contribution in [1.82, 2.24) is 62.1 Å². The quantitative estimate of drug-likeness (QED) is 0.111. The third-order valence-electron chi connectivity index (χ3n) is 14.4. The number of rotatable bonds is 4. The van der Waals surface area contributed by atoms with E-state index in [2.05, 4.69) is 42.5 Å². The highest BCUT2D eigenvalue weighted by Crippen LogP contribution is 2.26. The zero-order chi connectivity index (χ0) is 57.8. The molecule has 12 bridgehead atoms. The Labute approximate surface area is 469 Å². The van der Waals surface area contributed by atoms with Crippen molar-refractivity contribution >= 4 is 47.3 Å². The van der Waals surface area contributed by atoms with Crippen LogP contribution in [-0.4, -0.2) is 224 Å². The second-order valence-corrected chi connectivity index (χ2v) is 19.9. The zero-order valence-corrected chi connectivity index (χ0v) is 45.2. The van der Waals surface area contributed by atoms with Crippen LogP contribution in [0.5, 0.6) is 23.0 Å². The topological polar surface area (TPSA) is 353 Å². The van der Waals surface area contributed by atoms with Gasteiger partial charge in [-0.3, -0.25) is 58.0 Å². The van der Waals surface area contributed by atoms with E-state index in [1.807, 2.05) is 19.6 Å². The van der Waals surface area contributed by atoms with E-state index in [1.165, 1.54) is 72.8 Å². The second kappa shape index (κ2) is 29.7. The van der Waals surface area contributed by atoms with Crippen LogP contribution in [0.1, 0.15) is 102 Å². The van der Waals surface area contributed by atoms with Gasteiger partial charge in [0.2, 0.25) is 0 Å². The van der Waals surface area contributed by atoms with Crippen molar-refractivity contribution < 1.29 is 58.8 Å². The Balaban J connectivity index is 1.32. The molecule has 14 N–H and O–H groups in total. The average Bonchev–Trinajstić information content (AvgIpc) is 3.45. The van der Waals surface area contributed by atoms with Gasteiger partial charge in [0.25, 0.3) is 47.3 Å². The van der Waals surface area contributed by atoms with Crippen molar-refractivity contribution in [1.29, 1.82) is 0 Å². The van der Waals surface area contributed by atoms with Crippen molar-refractivity contribution in [3.63, 3.8) is 0 Å². The number of nitrogens with two attached hydrogens (primary N) is 1. The standard InChI is InChI=1S/C56H73N13O12/c57-16-2-1-7-36-35-69-30-23-64-54(79)42-13-5-12-41(47(42)72)51(76)60-19-26-67(27-20-63-55(80)43-14-6-15-44(48(43)73)56(81)65-36)32-31-66-24-17-58-49(74)37-8-3-10-39(45(37)70)52(77)61-21-28-68(33-34-69)29-22-62-53(78)40-11-4-9-38(46(40)71)50(75)59-18-25-66/h3-6,8-15,36,70-73H,1-2,7,16-35,57H2,(H,58,74)(H,59,75)(H,60,76)(H,61,77)(H,62,78)(H,63,80)(H,64,79)(H,65,81). The summed E-state index contributed by atoms with van der Waals surface area (Å²) in [6, 6.07) is 16.5. The highest BCUT2D eigenvalue weighted by molar-refractivity contribution is 6.06. The fraction of sp³-hybridized carbons (Fsp3) is 0.429. The van der Waals surface area contributed by atoms with E-state index in [9.17, 15) is 58.8 Å². The number of carbonyl (C=O) groups excluding carboxylic acids is 8. The predicted octanol–water partition coefficient (Wildman–Crippen LogP) is -0.806. The van der Waals surface area contributed by atoms with E-state index in [-0.39, 0.29) is 169 Å². The molecule has 4 aliphatic heterocycles. The molecule has 4 aromatic carbocycles. The summed E-state index contributed by atoms with van der Waals surface area (Å²) in [5, 5.41) is 68.4. The van der Waals surface area contributed by atoms with Gasteiger partial charge in [0, 0.05) is 130 Å². The van der Waals surface area contributed by atoms with Crippen molar-refractivity contribution in [2.24, 2.45) is 5.73 Å². The van der Waals surface area contributed by atoms with Gasteiger partial charge in [0.15, 0.2) is 0 Å². The Hall–Kier alpha value is -8.36. The molecule has 0 aliphatic carbocycles. The Morgan fingerprint density at radius 3 is 0.840 bits per heavy atom. The molecule has 25 nitrogen and oxygen atoms in total. The molecule has 4 heterocycles. The lowest BCUT2D eigenvalue weighted by molar-refractivity contribution is 0.0896. The lowest BCUT2D eigenvalue weighted by atomic mass is 10.0. The number of fused-ring (bicyclic) bond motifs is 16. The van der Waals surface area contributed by atoms with Crippen LogP contribution in [0.2, 0.25) is 0 Å². The Kier molecular flexibility index (Phi) is 22.1. The molecule has 8 rings (SSSR count). The van der Waals surface area contributed by atoms with Crippen LogP contribution in [0.4, 0.5) is 0 Å². The molecule has 0 fully saturated rings. The third-order valence-corrected chi connectivity index (χ3v) is 14.4. The summed E-state index contributed by atoms with van der Waals surface area (Å²) in [5.74, 6) is -7.33. The first-order chi connectivity index (χ1) is 39.1. The fourth-order valence-electron chi connectivity index (χ4n) is 9.78. The normalized spacial score (nSPS) is 22.2. The van der Waals surface area contributed by atoms with Crippen LogP contribution in [0, 0.1) is 0 Å². The van der Waals surface area contributed by atoms with Gasteiger partial charge < -0.3 is 68.7 Å². The Morgan fingerprint density at radius 1 is 0.346 bits per heavy atom. The number of hydrogen-bond donors (Lipinski definition) is 13. The van der Waals surface area contributed by atoms with Gasteiger partial charge in [-0.05, 0) is 67.9 Å². The molecule has 0 saturated carbocycles. The van der Waals surface area contributed by atoms with Gasteiger partial charge >= 0.3 is 0 Å². The van der Waals surface area contributed by atoms with Crippen LogP contribution in [-0.2, 0) is 0 Å². The first-order valence-corrected chi connectivity index (χ1v) is 27.3. The highest BCUT2D eigenvalue weighted by Gasteiger charge is 2.27. The molecule has 0 saturated heterocycles. The number of amides is 8. The lowest BCUT2D eigenvalue weighted by Crippen LogP contribution is -2.49. The van der Waals surface area contributed by atoms with Crippen molar-refractivity contribution in [3.05, 3.63) is 117 Å². The zero-order valence-electron chi connectivity index (χ0n) is 45.2. The monoisotopic (exact) mass is 1120 g/mol. The van der Waals surface area contributed by atoms with E-state index < -0.39 is 76.3 Å². The summed E-state index contributed by atoms with van der Waals surface area (Å²) in [5.41, 5.74) is 4.78. The smallest absolute Gasteiger partial charge is 0.255 e. The molecular weight excluding hydrogens is 1050 g/mol. The van der Waals surface area contributed by atoms with Crippen LogP contribution in [0.15, 0.2) is 72.8 Å². The minimum atomic E-state index is -0.655. The minimum absolute atomic E-state index is 0.0106. The average molecular weight is 1120 g/mol. The van der Waals surface area contributed by atoms with E-state index in [4.69, 9.17) is 5.73 Å². The molecule has 81 heavy (non-hydrogen) atoms. The number of hydrogen-bond acceptors (Lipinski definition) is 17. The number of benzene rings is 4. The maximum absolute atomic E-state index is 14.2. The van der Waals surface area contributed by atoms with Crippen LogP contribution in [0.25, 0.3) is 0 Å². The van der Waals surface area contributed by atoms with E-state index in [0.717, 1.165) is 0 Å². The van der Waals surface area contributed by atoms with Crippen LogP contribution < -0.4 is 48.3 Å². The number of nitrogens with zero attached hydrogens (tertiary/aromatic N) is 4. The second-order valence-electron chi connectivity index (χ2n) is 19.9. The lowest BCUT2D eigenvalue weighted by Gasteiger charge is -2.31. The van der Waals surface area contributed by atoms with Gasteiger partial charge in [-0.15, -0.1) is 0 Å². The fourth-order valence-corrected chi connectivity index (χ4v) is 9.78. The molecule has 8 amide bonds. The van der Waals surface area contributed by atoms with Crippen LogP contribution in [0.3, 0.4) is 0 Å². The molecule has 3 unspecified atom stereocenters. The van der Waals surface area contributed by atoms with E-state index in [0.29, 0.717) is 25.8 Å². The van der Waals surface area contributed by atoms with Crippen molar-refractivity contribution in [2.45, 2.75) is 25.3 Å². The summed E-state index contributed by atoms with van der Waals surface area (Å²) in [6.45, 7) is 2.92. The highest BCUT2D eigenvalue weighted by atomic mass is 16.3. The summed E-state index contributed by atoms with van der Waals surface area (Å²) in [6.07, 6.45) is 1.64. The number of nitrogens with one attached hydrogen (secondary N) is 8. The minimum Gasteiger partial charge on any atom is -0.506 e. The van der Waals surface area contributed by atoms with Gasteiger partial charge in [0.05, 0.1) is 44.5 Å². The predicted molar refractivity (Wildman–Crippen MR) is 299 cm³/mol. The van der Waals surface area contributed by atoms with Gasteiger partial charge in [-0.25, -0.2) is 0 Å². The summed E-state index contributed by atoms with van der Waals surface area (Å²) >= 11 is 0. The molecule has 4 aliphatic rings. The first-order valence-electron chi connectivity index (χ1n) is 27.3. The summed E-state index contributed by atoms with van der Waals surface area (Å²) in [7, 11) is 0. The van der Waals surface area contributed by atoms with Crippen molar-refractivity contribution in [2.75, 3.05) is 131 Å². The SMILES string of the molecule is NCCCCC1CN2CCNC(=O)c3cccc(c3O)C(=O)NCCN(CCNC(=O)c3cccc(c3O)C(=O)N1)CCN1CCNC(=O)c3cccc(c3O)C(=O)NCCN(CCNC(=O)c3cccc(c3O)C(=O)NCC1)CC2. The molecule has 0 aromatic heterocycles. The van der Waals surface area contributed by atoms with Gasteiger partial charge in [-0.1, -0.05) is 30.7 Å². The maximum Gasteiger partial charge on any atom is 0.255 e. The van der Waals surface area contributed by atoms with Gasteiger partial charge in [0.1, 0.15) is 23.0 Å². The number of carbonyl (C=O) groups is 8. The maximum atomic E-state index is 14.2. The first kappa shape index (κ1) is 60.3. The Morgan fingerprint density at radius 2 is 0.580 bits per heavy atom. The molecular formula is C56H73N13O12. The molecule has 3 atom stereocenters. The number of phenolic OH excluding ortho intramolecular Hbond substituents is 4. The summed E-state index contributed by atoms with van der Waals surface area (Å²) in [4.78, 5) is 118. The van der Waals surface area contributed by atoms with Crippen LogP contribution >= 0.6 is 0 Å². The van der Waals surface area contributed by atoms with Gasteiger partial charge in [-0.2, -0.15) is 0 Å². The van der Waals surface area contributed by atoms with Crippen molar-refractivity contribution in [3.8, 4) is 23.0 Å². The Bertz CT molecular complexity index is 2830. The number of para-hydroxylation sites is 4. The molecule has 0 spiro atoms. The van der Waals surface area contributed by atoms with E-state index in [1.54, 1.807) is 0 Å². The molecule has 434 valence electrons. The third kappa shape index (κ3) is 16.6. The van der Waals surface area contributed by atoms with E-state index >= 15 is 0 Å². The summed E-state index contributed by atoms with van der Waals surface area (Å²) < 4.78 is 0. The largest absolute Gasteiger partial charge is 0.506 e. The molecule has 25 heteroatoms. The number of aromatic hydroxyl groups is 4. The molecule has 4 aromatic rings. The molecule has 0 radical (unpaired) electrons. The number of unbranched alkanes of at least 4 members (excludes halogenated alkanes) is 1.